The molecule has 1 fully saturated rings. The quantitative estimate of drug-likeness (QED) is 0.379. The van der Waals surface area contributed by atoms with Crippen molar-refractivity contribution in [1.29, 1.82) is 0 Å². The molecule has 2 amide bonds. The van der Waals surface area contributed by atoms with Gasteiger partial charge in [0.05, 0.1) is 24.7 Å². The van der Waals surface area contributed by atoms with Crippen LogP contribution in [0.3, 0.4) is 0 Å². The fraction of sp³-hybridized carbons (Fsp3) is 0.214. The smallest absolute Gasteiger partial charge is 0.257 e. The molecular formula is C28H27N3O3S. The lowest BCUT2D eigenvalue weighted by Gasteiger charge is -2.23. The van der Waals surface area contributed by atoms with Crippen molar-refractivity contribution in [3.05, 3.63) is 107 Å². The average Bonchev–Trinajstić information content (AvgIpc) is 3.56. The van der Waals surface area contributed by atoms with Crippen molar-refractivity contribution in [1.82, 2.24) is 15.2 Å². The summed E-state index contributed by atoms with van der Waals surface area (Å²) in [7, 11) is 0. The van der Waals surface area contributed by atoms with Crippen LogP contribution < -0.4 is 5.32 Å². The van der Waals surface area contributed by atoms with Gasteiger partial charge in [-0.2, -0.15) is 0 Å². The molecule has 178 valence electrons. The minimum absolute atomic E-state index is 0.118. The zero-order valence-electron chi connectivity index (χ0n) is 19.3. The topological polar surface area (TPSA) is 74.4 Å². The molecule has 1 atom stereocenters. The number of para-hydroxylation sites is 1. The summed E-state index contributed by atoms with van der Waals surface area (Å²) in [5.74, 6) is 0.858. The number of carbonyl (C=O) groups excluding carboxylic acids is 2. The molecule has 1 aromatic heterocycles. The van der Waals surface area contributed by atoms with Crippen LogP contribution in [0.4, 0.5) is 0 Å². The summed E-state index contributed by atoms with van der Waals surface area (Å²) in [6.07, 6.45) is 1.73. The van der Waals surface area contributed by atoms with Gasteiger partial charge in [-0.3, -0.25) is 9.59 Å². The molecule has 1 unspecified atom stereocenters. The number of rotatable bonds is 8. The lowest BCUT2D eigenvalue weighted by molar-refractivity contribution is -0.124. The standard InChI is InChI=1S/C28H27N3O3S/c32-27(26-18-35-19-31(26)28(33)24-15-29-25-9-5-4-8-23(24)25)30-14-20-10-12-22(13-11-20)17-34-16-21-6-2-1-3-7-21/h1-13,15,26,29H,14,16-19H2,(H,30,32). The fourth-order valence-corrected chi connectivity index (χ4v) is 5.34. The number of H-pyrrole nitrogens is 1. The minimum Gasteiger partial charge on any atom is -0.372 e. The predicted octanol–water partition coefficient (Wildman–Crippen LogP) is 4.72. The first kappa shape index (κ1) is 23.2. The number of aromatic nitrogens is 1. The molecule has 1 saturated heterocycles. The molecule has 2 N–H and O–H groups in total. The highest BCUT2D eigenvalue weighted by Gasteiger charge is 2.35. The van der Waals surface area contributed by atoms with E-state index in [-0.39, 0.29) is 11.8 Å². The molecule has 2 heterocycles. The minimum atomic E-state index is -0.480. The molecular weight excluding hydrogens is 458 g/mol. The highest BCUT2D eigenvalue weighted by molar-refractivity contribution is 7.99. The van der Waals surface area contributed by atoms with Gasteiger partial charge in [0.15, 0.2) is 0 Å². The highest BCUT2D eigenvalue weighted by atomic mass is 32.2. The van der Waals surface area contributed by atoms with E-state index in [1.54, 1.807) is 22.9 Å². The van der Waals surface area contributed by atoms with Gasteiger partial charge in [-0.05, 0) is 22.8 Å². The summed E-state index contributed by atoms with van der Waals surface area (Å²) < 4.78 is 5.79. The van der Waals surface area contributed by atoms with Crippen LogP contribution in [0.15, 0.2) is 85.1 Å². The van der Waals surface area contributed by atoms with E-state index in [0.717, 1.165) is 27.6 Å². The zero-order valence-corrected chi connectivity index (χ0v) is 20.1. The number of aromatic amines is 1. The Morgan fingerprint density at radius 2 is 1.60 bits per heavy atom. The van der Waals surface area contributed by atoms with E-state index in [4.69, 9.17) is 4.74 Å². The molecule has 0 aliphatic carbocycles. The van der Waals surface area contributed by atoms with Crippen molar-refractivity contribution < 1.29 is 14.3 Å². The van der Waals surface area contributed by atoms with Gasteiger partial charge >= 0.3 is 0 Å². The van der Waals surface area contributed by atoms with Crippen LogP contribution in [0.5, 0.6) is 0 Å². The van der Waals surface area contributed by atoms with Crippen LogP contribution in [0.1, 0.15) is 27.0 Å². The van der Waals surface area contributed by atoms with Crippen LogP contribution in [0.2, 0.25) is 0 Å². The molecule has 0 spiro atoms. The molecule has 1 aliphatic heterocycles. The van der Waals surface area contributed by atoms with Gasteiger partial charge in [0.25, 0.3) is 5.91 Å². The van der Waals surface area contributed by atoms with Crippen molar-refractivity contribution in [3.8, 4) is 0 Å². The number of benzene rings is 3. The number of nitrogens with one attached hydrogen (secondary N) is 2. The maximum absolute atomic E-state index is 13.2. The maximum atomic E-state index is 13.2. The van der Waals surface area contributed by atoms with Crippen molar-refractivity contribution in [2.24, 2.45) is 0 Å². The second-order valence-electron chi connectivity index (χ2n) is 8.55. The Balaban J connectivity index is 1.14. The van der Waals surface area contributed by atoms with E-state index in [2.05, 4.69) is 10.3 Å². The molecule has 35 heavy (non-hydrogen) atoms. The Bertz CT molecular complexity index is 1300. The number of carbonyl (C=O) groups is 2. The number of nitrogens with zero attached hydrogens (tertiary/aromatic N) is 1. The van der Waals surface area contributed by atoms with Gasteiger partial charge in [-0.15, -0.1) is 11.8 Å². The van der Waals surface area contributed by atoms with Crippen LogP contribution in [0.25, 0.3) is 10.9 Å². The number of amides is 2. The van der Waals surface area contributed by atoms with E-state index in [0.29, 0.717) is 37.0 Å². The van der Waals surface area contributed by atoms with Gasteiger partial charge in [0.2, 0.25) is 5.91 Å². The van der Waals surface area contributed by atoms with Gasteiger partial charge in [-0.25, -0.2) is 0 Å². The van der Waals surface area contributed by atoms with Gasteiger partial charge in [-0.1, -0.05) is 72.8 Å². The van der Waals surface area contributed by atoms with E-state index < -0.39 is 6.04 Å². The maximum Gasteiger partial charge on any atom is 0.257 e. The Labute approximate surface area is 208 Å². The summed E-state index contributed by atoms with van der Waals surface area (Å²) in [5, 5.41) is 3.88. The summed E-state index contributed by atoms with van der Waals surface area (Å²) in [6, 6.07) is 25.4. The van der Waals surface area contributed by atoms with Crippen LogP contribution in [-0.2, 0) is 29.3 Å². The number of hydrogen-bond donors (Lipinski definition) is 2. The Morgan fingerprint density at radius 1 is 0.914 bits per heavy atom. The third kappa shape index (κ3) is 5.42. The third-order valence-electron chi connectivity index (χ3n) is 6.14. The second kappa shape index (κ2) is 10.8. The molecule has 0 saturated carbocycles. The summed E-state index contributed by atoms with van der Waals surface area (Å²) in [4.78, 5) is 31.0. The van der Waals surface area contributed by atoms with E-state index in [1.807, 2.05) is 78.9 Å². The van der Waals surface area contributed by atoms with Crippen LogP contribution in [0, 0.1) is 0 Å². The molecule has 7 heteroatoms. The summed E-state index contributed by atoms with van der Waals surface area (Å²) >= 11 is 1.60. The monoisotopic (exact) mass is 485 g/mol. The Kier molecular flexibility index (Phi) is 7.16. The fourth-order valence-electron chi connectivity index (χ4n) is 4.18. The van der Waals surface area contributed by atoms with Crippen LogP contribution >= 0.6 is 11.8 Å². The normalized spacial score (nSPS) is 15.4. The van der Waals surface area contributed by atoms with Crippen molar-refractivity contribution in [2.75, 3.05) is 11.6 Å². The summed E-state index contributed by atoms with van der Waals surface area (Å²) in [5.41, 5.74) is 4.75. The molecule has 1 aliphatic rings. The SMILES string of the molecule is O=C(NCc1ccc(COCc2ccccc2)cc1)C1CSCN1C(=O)c1c[nH]c2ccccc12. The Morgan fingerprint density at radius 3 is 2.40 bits per heavy atom. The second-order valence-corrected chi connectivity index (χ2v) is 9.55. The molecule has 0 bridgehead atoms. The first-order valence-corrected chi connectivity index (χ1v) is 12.8. The molecule has 4 aromatic rings. The lowest BCUT2D eigenvalue weighted by atomic mass is 10.1. The van der Waals surface area contributed by atoms with E-state index >= 15 is 0 Å². The number of ether oxygens (including phenoxy) is 1. The largest absolute Gasteiger partial charge is 0.372 e. The average molecular weight is 486 g/mol. The number of fused-ring (bicyclic) bond motifs is 1. The van der Waals surface area contributed by atoms with E-state index in [1.165, 1.54) is 0 Å². The van der Waals surface area contributed by atoms with Crippen molar-refractivity contribution >= 4 is 34.5 Å². The Hall–Kier alpha value is -3.55. The number of thioether (sulfide) groups is 1. The lowest BCUT2D eigenvalue weighted by Crippen LogP contribution is -2.47. The van der Waals surface area contributed by atoms with Gasteiger partial charge < -0.3 is 19.9 Å². The van der Waals surface area contributed by atoms with Gasteiger partial charge in [0, 0.05) is 29.4 Å². The molecule has 5 rings (SSSR count). The first-order valence-electron chi connectivity index (χ1n) is 11.6. The zero-order chi connectivity index (χ0) is 24.0. The molecule has 3 aromatic carbocycles. The van der Waals surface area contributed by atoms with Gasteiger partial charge in [0.1, 0.15) is 6.04 Å². The van der Waals surface area contributed by atoms with E-state index in [9.17, 15) is 9.59 Å². The first-order chi connectivity index (χ1) is 17.2. The van der Waals surface area contributed by atoms with Crippen LogP contribution in [-0.4, -0.2) is 39.4 Å². The highest BCUT2D eigenvalue weighted by Crippen LogP contribution is 2.26. The van der Waals surface area contributed by atoms with Crippen molar-refractivity contribution in [3.63, 3.8) is 0 Å². The summed E-state index contributed by atoms with van der Waals surface area (Å²) in [6.45, 7) is 1.53. The molecule has 6 nitrogen and oxygen atoms in total. The predicted molar refractivity (Wildman–Crippen MR) is 139 cm³/mol. The van der Waals surface area contributed by atoms with Crippen molar-refractivity contribution in [2.45, 2.75) is 25.8 Å². The number of hydrogen-bond acceptors (Lipinski definition) is 4. The third-order valence-corrected chi connectivity index (χ3v) is 7.15. The molecule has 0 radical (unpaired) electrons.